The van der Waals surface area contributed by atoms with Crippen LogP contribution in [0.3, 0.4) is 0 Å². The van der Waals surface area contributed by atoms with E-state index in [4.69, 9.17) is 16.3 Å². The van der Waals surface area contributed by atoms with Gasteiger partial charge in [0.25, 0.3) is 5.91 Å². The van der Waals surface area contributed by atoms with Crippen molar-refractivity contribution in [3.05, 3.63) is 64.2 Å². The van der Waals surface area contributed by atoms with Crippen LogP contribution in [0.2, 0.25) is 5.02 Å². The van der Waals surface area contributed by atoms with Crippen molar-refractivity contribution in [3.63, 3.8) is 0 Å². The smallest absolute Gasteiger partial charge is 0.327 e. The zero-order valence-electron chi connectivity index (χ0n) is 18.5. The lowest BCUT2D eigenvalue weighted by atomic mass is 10.0. The number of rotatable bonds is 5. The average Bonchev–Trinajstić information content (AvgIpc) is 3.24. The summed E-state index contributed by atoms with van der Waals surface area (Å²) in [6.45, 7) is 2.35. The van der Waals surface area contributed by atoms with Gasteiger partial charge in [-0.25, -0.2) is 13.2 Å². The first-order valence-corrected chi connectivity index (χ1v) is 12.9. The normalized spacial score (nSPS) is 17.5. The Kier molecular flexibility index (Phi) is 6.65. The van der Waals surface area contributed by atoms with Crippen molar-refractivity contribution in [3.8, 4) is 0 Å². The first-order valence-electron chi connectivity index (χ1n) is 10.7. The number of ether oxygens (including phenoxy) is 1. The van der Waals surface area contributed by atoms with E-state index in [1.165, 1.54) is 17.7 Å². The molecule has 0 N–H and O–H groups in total. The first kappa shape index (κ1) is 23.5. The van der Waals surface area contributed by atoms with Gasteiger partial charge in [-0.05, 0) is 47.9 Å². The number of methoxy groups -OCH3 is 1. The van der Waals surface area contributed by atoms with Crippen molar-refractivity contribution in [2.75, 3.05) is 50.4 Å². The standard InChI is InChI=1S/C23H26ClN3O5S/c1-32-23(29)21(16-3-6-19(24)7-4-16)25-11-13-26(14-12-25)22(28)18-5-8-20-17(15-18)9-10-27(20)33(2,30)31/h3-8,15,21H,9-14H2,1-2H3. The van der Waals surface area contributed by atoms with Crippen molar-refractivity contribution >= 4 is 39.2 Å². The molecule has 2 aliphatic heterocycles. The Balaban J connectivity index is 1.46. The second kappa shape index (κ2) is 9.32. The molecule has 8 nitrogen and oxygen atoms in total. The van der Waals surface area contributed by atoms with E-state index in [0.717, 1.165) is 11.1 Å². The highest BCUT2D eigenvalue weighted by molar-refractivity contribution is 7.92. The number of halogens is 1. The van der Waals surface area contributed by atoms with E-state index in [1.807, 2.05) is 17.0 Å². The summed E-state index contributed by atoms with van der Waals surface area (Å²) in [5.74, 6) is -0.456. The van der Waals surface area contributed by atoms with Crippen molar-refractivity contribution in [2.24, 2.45) is 0 Å². The van der Waals surface area contributed by atoms with Crippen molar-refractivity contribution in [1.29, 1.82) is 0 Å². The van der Waals surface area contributed by atoms with Gasteiger partial charge in [0.2, 0.25) is 10.0 Å². The van der Waals surface area contributed by atoms with Gasteiger partial charge in [0.1, 0.15) is 6.04 Å². The quantitative estimate of drug-likeness (QED) is 0.597. The fourth-order valence-electron chi connectivity index (χ4n) is 4.47. The van der Waals surface area contributed by atoms with E-state index < -0.39 is 16.1 Å². The summed E-state index contributed by atoms with van der Waals surface area (Å²) < 4.78 is 30.3. The fourth-order valence-corrected chi connectivity index (χ4v) is 5.55. The highest BCUT2D eigenvalue weighted by atomic mass is 35.5. The molecule has 0 aromatic heterocycles. The highest BCUT2D eigenvalue weighted by Crippen LogP contribution is 2.31. The molecule has 1 unspecified atom stereocenters. The Labute approximate surface area is 198 Å². The number of anilines is 1. The van der Waals surface area contributed by atoms with Crippen LogP contribution in [-0.4, -0.2) is 76.2 Å². The number of nitrogens with zero attached hydrogens (tertiary/aromatic N) is 3. The lowest BCUT2D eigenvalue weighted by Gasteiger charge is -2.38. The largest absolute Gasteiger partial charge is 0.468 e. The van der Waals surface area contributed by atoms with E-state index in [1.54, 1.807) is 35.2 Å². The van der Waals surface area contributed by atoms with Crippen LogP contribution in [0.5, 0.6) is 0 Å². The number of hydrogen-bond donors (Lipinski definition) is 0. The third-order valence-electron chi connectivity index (χ3n) is 6.16. The van der Waals surface area contributed by atoms with Crippen LogP contribution in [-0.2, 0) is 26.0 Å². The number of piperazine rings is 1. The van der Waals surface area contributed by atoms with E-state index in [9.17, 15) is 18.0 Å². The number of carbonyl (C=O) groups is 2. The Morgan fingerprint density at radius 1 is 1.00 bits per heavy atom. The lowest BCUT2D eigenvalue weighted by Crippen LogP contribution is -2.51. The van der Waals surface area contributed by atoms with Gasteiger partial charge in [0, 0.05) is 43.3 Å². The molecule has 2 aromatic rings. The molecule has 2 aromatic carbocycles. The molecule has 0 saturated carbocycles. The van der Waals surface area contributed by atoms with Crippen LogP contribution in [0, 0.1) is 0 Å². The number of fused-ring (bicyclic) bond motifs is 1. The average molecular weight is 492 g/mol. The number of sulfonamides is 1. The maximum atomic E-state index is 13.1. The molecule has 33 heavy (non-hydrogen) atoms. The molecule has 0 radical (unpaired) electrons. The van der Waals surface area contributed by atoms with E-state index >= 15 is 0 Å². The third-order valence-corrected chi connectivity index (χ3v) is 7.59. The summed E-state index contributed by atoms with van der Waals surface area (Å²) >= 11 is 5.99. The van der Waals surface area contributed by atoms with Gasteiger partial charge in [-0.15, -0.1) is 0 Å². The summed E-state index contributed by atoms with van der Waals surface area (Å²) in [6, 6.07) is 11.7. The number of carbonyl (C=O) groups excluding carboxylic acids is 2. The SMILES string of the molecule is COC(=O)C(c1ccc(Cl)cc1)N1CCN(C(=O)c2ccc3c(c2)CCN3S(C)(=O)=O)CC1. The zero-order chi connectivity index (χ0) is 23.8. The Morgan fingerprint density at radius 2 is 1.67 bits per heavy atom. The van der Waals surface area contributed by atoms with Crippen LogP contribution in [0.4, 0.5) is 5.69 Å². The van der Waals surface area contributed by atoms with Gasteiger partial charge in [0.15, 0.2) is 0 Å². The van der Waals surface area contributed by atoms with Crippen LogP contribution < -0.4 is 4.31 Å². The van der Waals surface area contributed by atoms with Crippen LogP contribution >= 0.6 is 11.6 Å². The maximum Gasteiger partial charge on any atom is 0.327 e. The summed E-state index contributed by atoms with van der Waals surface area (Å²) in [5, 5.41) is 0.590. The molecule has 0 aliphatic carbocycles. The van der Waals surface area contributed by atoms with Crippen LogP contribution in [0.15, 0.2) is 42.5 Å². The maximum absolute atomic E-state index is 13.1. The Hall–Kier alpha value is -2.62. The van der Waals surface area contributed by atoms with E-state index in [0.29, 0.717) is 55.4 Å². The molecule has 10 heteroatoms. The van der Waals surface area contributed by atoms with E-state index in [-0.39, 0.29) is 11.9 Å². The fraction of sp³-hybridized carbons (Fsp3) is 0.391. The minimum atomic E-state index is -3.33. The molecule has 4 rings (SSSR count). The molecule has 2 heterocycles. The summed E-state index contributed by atoms with van der Waals surface area (Å²) in [7, 11) is -1.97. The van der Waals surface area contributed by atoms with Crippen LogP contribution in [0.1, 0.15) is 27.5 Å². The summed E-state index contributed by atoms with van der Waals surface area (Å²) in [6.07, 6.45) is 1.77. The molecule has 1 fully saturated rings. The lowest BCUT2D eigenvalue weighted by molar-refractivity contribution is -0.148. The number of benzene rings is 2. The molecular weight excluding hydrogens is 466 g/mol. The van der Waals surface area contributed by atoms with Gasteiger partial charge in [-0.2, -0.15) is 0 Å². The molecule has 0 spiro atoms. The molecule has 2 aliphatic rings. The monoisotopic (exact) mass is 491 g/mol. The molecule has 1 atom stereocenters. The number of esters is 1. The van der Waals surface area contributed by atoms with Gasteiger partial charge in [-0.3, -0.25) is 14.0 Å². The second-order valence-corrected chi connectivity index (χ2v) is 10.6. The molecule has 1 amide bonds. The minimum Gasteiger partial charge on any atom is -0.468 e. The van der Waals surface area contributed by atoms with Crippen LogP contribution in [0.25, 0.3) is 0 Å². The van der Waals surface area contributed by atoms with Gasteiger partial charge >= 0.3 is 5.97 Å². The van der Waals surface area contributed by atoms with Gasteiger partial charge < -0.3 is 9.64 Å². The molecular formula is C23H26ClN3O5S. The third kappa shape index (κ3) is 4.85. The van der Waals surface area contributed by atoms with Crippen molar-refractivity contribution in [2.45, 2.75) is 12.5 Å². The van der Waals surface area contributed by atoms with Gasteiger partial charge in [0.05, 0.1) is 19.1 Å². The molecule has 0 bridgehead atoms. The topological polar surface area (TPSA) is 87.2 Å². The number of hydrogen-bond acceptors (Lipinski definition) is 6. The number of amides is 1. The summed E-state index contributed by atoms with van der Waals surface area (Å²) in [5.41, 5.74) is 2.83. The predicted octanol–water partition coefficient (Wildman–Crippen LogP) is 2.33. The first-order chi connectivity index (χ1) is 15.7. The zero-order valence-corrected chi connectivity index (χ0v) is 20.1. The van der Waals surface area contributed by atoms with E-state index in [2.05, 4.69) is 0 Å². The van der Waals surface area contributed by atoms with Gasteiger partial charge in [-0.1, -0.05) is 23.7 Å². The predicted molar refractivity (Wildman–Crippen MR) is 126 cm³/mol. The second-order valence-electron chi connectivity index (χ2n) is 8.23. The van der Waals surface area contributed by atoms with Crippen molar-refractivity contribution < 1.29 is 22.7 Å². The minimum absolute atomic E-state index is 0.101. The Morgan fingerprint density at radius 3 is 2.27 bits per heavy atom. The molecule has 176 valence electrons. The Bertz CT molecular complexity index is 1160. The molecule has 1 saturated heterocycles. The highest BCUT2D eigenvalue weighted by Gasteiger charge is 2.33. The van der Waals surface area contributed by atoms with Crippen molar-refractivity contribution in [1.82, 2.24) is 9.80 Å². The summed E-state index contributed by atoms with van der Waals surface area (Å²) in [4.78, 5) is 29.4.